The van der Waals surface area contributed by atoms with E-state index in [1.54, 1.807) is 0 Å². The summed E-state index contributed by atoms with van der Waals surface area (Å²) in [7, 11) is 0. The van der Waals surface area contributed by atoms with Crippen molar-refractivity contribution in [2.75, 3.05) is 25.0 Å². The fourth-order valence-corrected chi connectivity index (χ4v) is 4.10. The van der Waals surface area contributed by atoms with Crippen LogP contribution in [-0.4, -0.2) is 64.3 Å². The van der Waals surface area contributed by atoms with Gasteiger partial charge in [0.1, 0.15) is 6.04 Å². The van der Waals surface area contributed by atoms with E-state index in [9.17, 15) is 32.3 Å². The van der Waals surface area contributed by atoms with Crippen molar-refractivity contribution in [1.82, 2.24) is 9.80 Å². The number of carboxylic acid groups (broad SMARTS) is 1. The summed E-state index contributed by atoms with van der Waals surface area (Å²) in [6.07, 6.45) is -5.06. The third-order valence-corrected chi connectivity index (χ3v) is 5.88. The molecule has 34 heavy (non-hydrogen) atoms. The first-order chi connectivity index (χ1) is 16.0. The minimum Gasteiger partial charge on any atom is -0.481 e. The number of halogens is 3. The first kappa shape index (κ1) is 23.3. The molecular formula is C23H20F3N3O5. The van der Waals surface area contributed by atoms with Gasteiger partial charge in [0.15, 0.2) is 0 Å². The number of carbonyl (C=O) groups is 4. The molecule has 0 spiro atoms. The number of benzene rings is 2. The summed E-state index contributed by atoms with van der Waals surface area (Å²) in [5.74, 6) is -2.52. The van der Waals surface area contributed by atoms with Gasteiger partial charge >= 0.3 is 12.1 Å². The van der Waals surface area contributed by atoms with Crippen molar-refractivity contribution in [2.24, 2.45) is 0 Å². The average molecular weight is 475 g/mol. The van der Waals surface area contributed by atoms with E-state index < -0.39 is 41.5 Å². The van der Waals surface area contributed by atoms with Gasteiger partial charge in [-0.2, -0.15) is 13.2 Å². The van der Waals surface area contributed by atoms with Crippen LogP contribution in [0.5, 0.6) is 0 Å². The molecule has 0 bridgehead atoms. The fraction of sp³-hybridized carbons (Fsp3) is 0.304. The Labute approximate surface area is 191 Å². The molecule has 4 rings (SSSR count). The first-order valence-corrected chi connectivity index (χ1v) is 10.5. The maximum atomic E-state index is 13.3. The number of fused-ring (bicyclic) bond motifs is 2. The molecule has 2 N–H and O–H groups in total. The van der Waals surface area contributed by atoms with Gasteiger partial charge in [-0.3, -0.25) is 19.2 Å². The predicted octanol–water partition coefficient (Wildman–Crippen LogP) is 2.84. The van der Waals surface area contributed by atoms with Gasteiger partial charge < -0.3 is 20.2 Å². The van der Waals surface area contributed by atoms with Crippen molar-refractivity contribution in [1.29, 1.82) is 0 Å². The van der Waals surface area contributed by atoms with Gasteiger partial charge in [-0.25, -0.2) is 0 Å². The molecule has 2 heterocycles. The highest BCUT2D eigenvalue weighted by Crippen LogP contribution is 2.34. The van der Waals surface area contributed by atoms with Crippen molar-refractivity contribution < 1.29 is 37.5 Å². The number of anilines is 1. The van der Waals surface area contributed by atoms with E-state index in [0.717, 1.165) is 12.1 Å². The van der Waals surface area contributed by atoms with Gasteiger partial charge in [-0.05, 0) is 35.4 Å². The van der Waals surface area contributed by atoms with Crippen LogP contribution >= 0.6 is 0 Å². The van der Waals surface area contributed by atoms with Crippen LogP contribution in [0, 0.1) is 0 Å². The lowest BCUT2D eigenvalue weighted by Gasteiger charge is -2.39. The molecule has 2 aromatic carbocycles. The topological polar surface area (TPSA) is 107 Å². The highest BCUT2D eigenvalue weighted by atomic mass is 19.4. The predicted molar refractivity (Wildman–Crippen MR) is 114 cm³/mol. The van der Waals surface area contributed by atoms with E-state index in [2.05, 4.69) is 5.32 Å². The number of piperazine rings is 1. The summed E-state index contributed by atoms with van der Waals surface area (Å²) in [5.41, 5.74) is 0.198. The van der Waals surface area contributed by atoms with Crippen LogP contribution in [0.1, 0.15) is 28.8 Å². The molecule has 0 radical (unpaired) electrons. The second-order valence-corrected chi connectivity index (χ2v) is 8.08. The van der Waals surface area contributed by atoms with Crippen molar-refractivity contribution >= 4 is 29.4 Å². The number of hydrogen-bond donors (Lipinski definition) is 2. The van der Waals surface area contributed by atoms with Gasteiger partial charge in [0.2, 0.25) is 11.8 Å². The Balaban J connectivity index is 1.60. The zero-order valence-corrected chi connectivity index (χ0v) is 17.8. The number of rotatable bonds is 4. The lowest BCUT2D eigenvalue weighted by atomic mass is 9.99. The fourth-order valence-electron chi connectivity index (χ4n) is 4.10. The molecule has 2 aliphatic rings. The second kappa shape index (κ2) is 8.81. The average Bonchev–Trinajstić information content (AvgIpc) is 2.91. The number of nitrogens with zero attached hydrogens (tertiary/aromatic N) is 2. The van der Waals surface area contributed by atoms with E-state index in [0.29, 0.717) is 5.56 Å². The largest absolute Gasteiger partial charge is 0.481 e. The van der Waals surface area contributed by atoms with Crippen molar-refractivity contribution in [3.05, 3.63) is 53.6 Å². The normalized spacial score (nSPS) is 18.0. The maximum absolute atomic E-state index is 13.3. The molecule has 1 saturated heterocycles. The number of alkyl halides is 3. The zero-order valence-electron chi connectivity index (χ0n) is 17.8. The number of amides is 3. The summed E-state index contributed by atoms with van der Waals surface area (Å²) < 4.78 is 39.3. The lowest BCUT2D eigenvalue weighted by molar-refractivity contribution is -0.142. The third-order valence-electron chi connectivity index (χ3n) is 5.88. The van der Waals surface area contributed by atoms with Crippen LogP contribution in [0.4, 0.5) is 18.9 Å². The Morgan fingerprint density at radius 1 is 1.03 bits per heavy atom. The molecule has 1 unspecified atom stereocenters. The number of carboxylic acids is 1. The van der Waals surface area contributed by atoms with Crippen molar-refractivity contribution in [3.8, 4) is 11.1 Å². The van der Waals surface area contributed by atoms with Gasteiger partial charge in [0, 0.05) is 19.5 Å². The minimum absolute atomic E-state index is 0.0585. The van der Waals surface area contributed by atoms with Crippen molar-refractivity contribution in [3.63, 3.8) is 0 Å². The smallest absolute Gasteiger partial charge is 0.416 e. The summed E-state index contributed by atoms with van der Waals surface area (Å²) in [6.45, 7) is 0.115. The number of hydrogen-bond acceptors (Lipinski definition) is 4. The van der Waals surface area contributed by atoms with Crippen LogP contribution in [0.3, 0.4) is 0 Å². The van der Waals surface area contributed by atoms with Gasteiger partial charge in [0.05, 0.1) is 29.8 Å². The molecule has 0 aliphatic carbocycles. The Morgan fingerprint density at radius 3 is 2.47 bits per heavy atom. The summed E-state index contributed by atoms with van der Waals surface area (Å²) >= 11 is 0. The monoisotopic (exact) mass is 475 g/mol. The van der Waals surface area contributed by atoms with Crippen LogP contribution in [0.25, 0.3) is 11.1 Å². The Kier molecular flexibility index (Phi) is 6.03. The molecule has 178 valence electrons. The number of nitrogens with one attached hydrogen (secondary N) is 1. The highest BCUT2D eigenvalue weighted by molar-refractivity contribution is 6.10. The van der Waals surface area contributed by atoms with Crippen LogP contribution in [-0.2, 0) is 20.6 Å². The first-order valence-electron chi connectivity index (χ1n) is 10.5. The summed E-state index contributed by atoms with van der Waals surface area (Å²) in [6, 6.07) is 8.19. The van der Waals surface area contributed by atoms with Crippen LogP contribution < -0.4 is 5.32 Å². The number of aliphatic carboxylic acids is 1. The second-order valence-electron chi connectivity index (χ2n) is 8.08. The zero-order chi connectivity index (χ0) is 24.6. The lowest BCUT2D eigenvalue weighted by Crippen LogP contribution is -2.59. The van der Waals surface area contributed by atoms with Gasteiger partial charge in [-0.15, -0.1) is 0 Å². The molecule has 8 nitrogen and oxygen atoms in total. The maximum Gasteiger partial charge on any atom is 0.416 e. The number of carbonyl (C=O) groups excluding carboxylic acids is 3. The van der Waals surface area contributed by atoms with Crippen LogP contribution in [0.15, 0.2) is 42.5 Å². The molecule has 1 fully saturated rings. The molecule has 2 aromatic rings. The Bertz CT molecular complexity index is 1180. The van der Waals surface area contributed by atoms with E-state index in [-0.39, 0.29) is 49.3 Å². The highest BCUT2D eigenvalue weighted by Gasteiger charge is 2.40. The molecule has 0 aromatic heterocycles. The molecular weight excluding hydrogens is 455 g/mol. The quantitative estimate of drug-likeness (QED) is 0.707. The summed E-state index contributed by atoms with van der Waals surface area (Å²) in [5, 5.41) is 11.4. The van der Waals surface area contributed by atoms with Gasteiger partial charge in [0.25, 0.3) is 5.91 Å². The Hall–Kier alpha value is -3.89. The minimum atomic E-state index is -4.51. The summed E-state index contributed by atoms with van der Waals surface area (Å²) in [4.78, 5) is 51.9. The van der Waals surface area contributed by atoms with E-state index in [4.69, 9.17) is 5.11 Å². The standard InChI is InChI=1S/C23H20F3N3O5/c24-23(25,26)15-3-1-2-13(10-15)14-4-5-17-16(11-14)22(34)29-9-8-28(12-18(29)21(33)27-17)19(30)6-7-20(31)32/h1-5,10-11,18H,6-9,12H2,(H,27,33)(H,31,32). The third kappa shape index (κ3) is 4.59. The van der Waals surface area contributed by atoms with Crippen LogP contribution in [0.2, 0.25) is 0 Å². The molecule has 0 saturated carbocycles. The SMILES string of the molecule is O=C(O)CCC(=O)N1CCN2C(=O)c3cc(-c4cccc(C(F)(F)F)c4)ccc3NC(=O)C2C1. The van der Waals surface area contributed by atoms with Gasteiger partial charge in [-0.1, -0.05) is 18.2 Å². The van der Waals surface area contributed by atoms with E-state index >= 15 is 0 Å². The van der Waals surface area contributed by atoms with E-state index in [1.165, 1.54) is 40.1 Å². The molecule has 3 amide bonds. The molecule has 1 atom stereocenters. The molecule has 11 heteroatoms. The Morgan fingerprint density at radius 2 is 1.76 bits per heavy atom. The van der Waals surface area contributed by atoms with Crippen molar-refractivity contribution in [2.45, 2.75) is 25.1 Å². The van der Waals surface area contributed by atoms with E-state index in [1.807, 2.05) is 0 Å². The molecule has 2 aliphatic heterocycles.